The van der Waals surface area contributed by atoms with Gasteiger partial charge in [0, 0.05) is 37.2 Å². The first kappa shape index (κ1) is 29.8. The molecule has 41 heavy (non-hydrogen) atoms. The average Bonchev–Trinajstić information content (AvgIpc) is 3.41. The number of nitrogens with zero attached hydrogens (tertiary/aromatic N) is 4. The second kappa shape index (κ2) is 12.1. The summed E-state index contributed by atoms with van der Waals surface area (Å²) in [6.45, 7) is 8.54. The number of amides is 1. The maximum Gasteiger partial charge on any atom is 0.410 e. The van der Waals surface area contributed by atoms with Crippen LogP contribution in [0.25, 0.3) is 0 Å². The van der Waals surface area contributed by atoms with E-state index in [1.807, 2.05) is 27.7 Å². The molecular formula is C31H35F2N5O3. The fourth-order valence-electron chi connectivity index (χ4n) is 5.31. The van der Waals surface area contributed by atoms with Gasteiger partial charge >= 0.3 is 6.09 Å². The van der Waals surface area contributed by atoms with Crippen molar-refractivity contribution in [3.63, 3.8) is 0 Å². The van der Waals surface area contributed by atoms with Gasteiger partial charge in [0.1, 0.15) is 29.4 Å². The van der Waals surface area contributed by atoms with Crippen LogP contribution in [0.5, 0.6) is 0 Å². The van der Waals surface area contributed by atoms with Crippen molar-refractivity contribution in [3.8, 4) is 0 Å². The lowest BCUT2D eigenvalue weighted by Gasteiger charge is -2.27. The van der Waals surface area contributed by atoms with Gasteiger partial charge in [0.2, 0.25) is 0 Å². The number of benzene rings is 2. The summed E-state index contributed by atoms with van der Waals surface area (Å²) in [5, 5.41) is 0. The van der Waals surface area contributed by atoms with Crippen LogP contribution in [0.1, 0.15) is 79.2 Å². The van der Waals surface area contributed by atoms with Crippen LogP contribution in [0.15, 0.2) is 53.8 Å². The predicted octanol–water partition coefficient (Wildman–Crippen LogP) is 5.79. The number of carbonyl (C=O) groups excluding carboxylic acids is 2. The first-order chi connectivity index (χ1) is 19.4. The maximum atomic E-state index is 15.6. The highest BCUT2D eigenvalue weighted by molar-refractivity contribution is 6.17. The maximum absolute atomic E-state index is 15.6. The van der Waals surface area contributed by atoms with E-state index in [0.29, 0.717) is 30.8 Å². The van der Waals surface area contributed by atoms with Crippen molar-refractivity contribution in [3.05, 3.63) is 88.4 Å². The third kappa shape index (κ3) is 6.42. The molecule has 216 valence electrons. The summed E-state index contributed by atoms with van der Waals surface area (Å²) >= 11 is 0. The van der Waals surface area contributed by atoms with Crippen molar-refractivity contribution in [1.82, 2.24) is 14.9 Å². The molecule has 1 saturated heterocycles. The minimum Gasteiger partial charge on any atom is -0.444 e. The number of anilines is 1. The van der Waals surface area contributed by atoms with Gasteiger partial charge in [-0.2, -0.15) is 0 Å². The van der Waals surface area contributed by atoms with Gasteiger partial charge in [0.15, 0.2) is 5.78 Å². The number of ether oxygens (including phenoxy) is 1. The average molecular weight is 564 g/mol. The van der Waals surface area contributed by atoms with Gasteiger partial charge in [-0.3, -0.25) is 9.79 Å². The zero-order valence-electron chi connectivity index (χ0n) is 23.9. The first-order valence-electron chi connectivity index (χ1n) is 13.6. The molecule has 2 heterocycles. The molecule has 1 aliphatic rings. The summed E-state index contributed by atoms with van der Waals surface area (Å²) < 4.78 is 35.3. The quantitative estimate of drug-likeness (QED) is 0.288. The van der Waals surface area contributed by atoms with E-state index in [-0.39, 0.29) is 46.1 Å². The number of aliphatic imine (C=N–C) groups is 1. The molecule has 4 rings (SSSR count). The largest absolute Gasteiger partial charge is 0.444 e. The molecule has 1 fully saturated rings. The number of hydrogen-bond donors (Lipinski definition) is 1. The summed E-state index contributed by atoms with van der Waals surface area (Å²) in [5.74, 6) is -1.95. The van der Waals surface area contributed by atoms with Crippen molar-refractivity contribution in [2.75, 3.05) is 25.9 Å². The van der Waals surface area contributed by atoms with Crippen molar-refractivity contribution >= 4 is 23.4 Å². The van der Waals surface area contributed by atoms with E-state index in [9.17, 15) is 14.0 Å². The molecule has 0 bridgehead atoms. The van der Waals surface area contributed by atoms with E-state index in [4.69, 9.17) is 10.5 Å². The van der Waals surface area contributed by atoms with E-state index in [0.717, 1.165) is 12.5 Å². The Kier molecular flexibility index (Phi) is 8.80. The zero-order chi connectivity index (χ0) is 29.9. The normalized spacial score (nSPS) is 16.5. The van der Waals surface area contributed by atoms with Crippen LogP contribution < -0.4 is 5.73 Å². The van der Waals surface area contributed by atoms with E-state index in [1.54, 1.807) is 11.0 Å². The van der Waals surface area contributed by atoms with Crippen molar-refractivity contribution in [2.45, 2.75) is 52.1 Å². The topological polar surface area (TPSA) is 111 Å². The lowest BCUT2D eigenvalue weighted by atomic mass is 9.83. The monoisotopic (exact) mass is 563 g/mol. The molecule has 2 aromatic carbocycles. The van der Waals surface area contributed by atoms with Gasteiger partial charge in [-0.1, -0.05) is 25.1 Å². The third-order valence-corrected chi connectivity index (χ3v) is 7.21. The van der Waals surface area contributed by atoms with E-state index in [2.05, 4.69) is 15.0 Å². The van der Waals surface area contributed by atoms with Gasteiger partial charge in [0.25, 0.3) is 0 Å². The van der Waals surface area contributed by atoms with Crippen LogP contribution in [0.3, 0.4) is 0 Å². The molecule has 2 unspecified atom stereocenters. The summed E-state index contributed by atoms with van der Waals surface area (Å²) in [7, 11) is 1.52. The van der Waals surface area contributed by atoms with Crippen LogP contribution in [-0.2, 0) is 4.74 Å². The SMILES string of the molecule is CCC(c1ncnc(N)c1/C(=N\C)c1ccc(C(=O)c2ccccc2F)cc1F)C1CCN(C(=O)OC(C)(C)C)C1. The van der Waals surface area contributed by atoms with E-state index < -0.39 is 23.0 Å². The van der Waals surface area contributed by atoms with Crippen LogP contribution in [0.4, 0.5) is 19.4 Å². The number of halogens is 2. The number of rotatable bonds is 7. The Labute approximate surface area is 238 Å². The van der Waals surface area contributed by atoms with Crippen molar-refractivity contribution in [2.24, 2.45) is 10.9 Å². The number of likely N-dealkylation sites (tertiary alicyclic amines) is 1. The molecule has 0 radical (unpaired) electrons. The standard InChI is InChI=1S/C31H35F2N5O3/c1-6-20(19-13-14-38(16-19)30(40)41-31(2,3)4)27-25(29(34)37-17-36-27)26(35-5)21-12-11-18(15-24(21)33)28(39)22-9-7-8-10-23(22)32/h7-12,15,17,19-20H,6,13-14,16H2,1-5H3,(H2,34,36,37)/b35-26-. The smallest absolute Gasteiger partial charge is 0.410 e. The van der Waals surface area contributed by atoms with Crippen molar-refractivity contribution in [1.29, 1.82) is 0 Å². The second-order valence-corrected chi connectivity index (χ2v) is 11.1. The van der Waals surface area contributed by atoms with Gasteiger partial charge in [-0.25, -0.2) is 23.5 Å². The lowest BCUT2D eigenvalue weighted by Crippen LogP contribution is -2.35. The number of nitrogens with two attached hydrogens (primary N) is 1. The molecule has 3 aromatic rings. The molecule has 1 aliphatic heterocycles. The van der Waals surface area contributed by atoms with Crippen molar-refractivity contribution < 1.29 is 23.1 Å². The molecular weight excluding hydrogens is 528 g/mol. The predicted molar refractivity (Wildman–Crippen MR) is 153 cm³/mol. The highest BCUT2D eigenvalue weighted by Crippen LogP contribution is 2.37. The van der Waals surface area contributed by atoms with Gasteiger partial charge in [-0.15, -0.1) is 0 Å². The Morgan fingerprint density at radius 3 is 2.49 bits per heavy atom. The number of carbonyl (C=O) groups is 2. The van der Waals surface area contributed by atoms with Gasteiger partial charge in [0.05, 0.1) is 22.5 Å². The third-order valence-electron chi connectivity index (χ3n) is 7.21. The minimum absolute atomic E-state index is 0.00364. The number of nitrogen functional groups attached to an aromatic ring is 1. The highest BCUT2D eigenvalue weighted by atomic mass is 19.1. The minimum atomic E-state index is -0.716. The first-order valence-corrected chi connectivity index (χ1v) is 13.6. The zero-order valence-corrected chi connectivity index (χ0v) is 23.9. The number of ketones is 1. The van der Waals surface area contributed by atoms with E-state index in [1.165, 1.54) is 43.7 Å². The molecule has 0 saturated carbocycles. The van der Waals surface area contributed by atoms with Gasteiger partial charge < -0.3 is 15.4 Å². The molecule has 0 spiro atoms. The van der Waals surface area contributed by atoms with Crippen LogP contribution in [0, 0.1) is 17.6 Å². The van der Waals surface area contributed by atoms with Crippen LogP contribution >= 0.6 is 0 Å². The summed E-state index contributed by atoms with van der Waals surface area (Å²) in [6, 6.07) is 9.50. The Morgan fingerprint density at radius 1 is 1.12 bits per heavy atom. The molecule has 0 aliphatic carbocycles. The Morgan fingerprint density at radius 2 is 1.85 bits per heavy atom. The number of aromatic nitrogens is 2. The summed E-state index contributed by atoms with van der Waals surface area (Å²) in [5.41, 5.74) is 6.99. The second-order valence-electron chi connectivity index (χ2n) is 11.1. The molecule has 1 aromatic heterocycles. The van der Waals surface area contributed by atoms with E-state index >= 15 is 4.39 Å². The Balaban J connectivity index is 1.67. The molecule has 2 N–H and O–H groups in total. The van der Waals surface area contributed by atoms with Gasteiger partial charge in [-0.05, 0) is 63.8 Å². The Hall–Kier alpha value is -4.21. The summed E-state index contributed by atoms with van der Waals surface area (Å²) in [4.78, 5) is 40.4. The molecule has 1 amide bonds. The van der Waals surface area contributed by atoms with Crippen LogP contribution in [0.2, 0.25) is 0 Å². The number of hydrogen-bond acceptors (Lipinski definition) is 7. The fraction of sp³-hybridized carbons (Fsp3) is 0.387. The molecule has 10 heteroatoms. The lowest BCUT2D eigenvalue weighted by molar-refractivity contribution is 0.0286. The van der Waals surface area contributed by atoms with Crippen LogP contribution in [-0.4, -0.2) is 58.2 Å². The summed E-state index contributed by atoms with van der Waals surface area (Å²) in [6.07, 6.45) is 2.43. The molecule has 2 atom stereocenters. The Bertz CT molecular complexity index is 1480. The highest BCUT2D eigenvalue weighted by Gasteiger charge is 2.36. The molecule has 8 nitrogen and oxygen atoms in total. The fourth-order valence-corrected chi connectivity index (χ4v) is 5.31.